The molecule has 104 valence electrons. The van der Waals surface area contributed by atoms with E-state index in [0.717, 1.165) is 13.0 Å². The van der Waals surface area contributed by atoms with Crippen LogP contribution in [0.15, 0.2) is 18.2 Å². The molecule has 1 saturated heterocycles. The van der Waals surface area contributed by atoms with Crippen LogP contribution in [0.5, 0.6) is 5.75 Å². The number of hydrogen-bond donors (Lipinski definition) is 2. The minimum Gasteiger partial charge on any atom is -0.505 e. The van der Waals surface area contributed by atoms with Crippen molar-refractivity contribution in [3.8, 4) is 5.75 Å². The highest BCUT2D eigenvalue weighted by Crippen LogP contribution is 2.20. The average Bonchev–Trinajstić information content (AvgIpc) is 2.77. The summed E-state index contributed by atoms with van der Waals surface area (Å²) >= 11 is 0. The summed E-state index contributed by atoms with van der Waals surface area (Å²) in [5.74, 6) is -0.719. The van der Waals surface area contributed by atoms with Gasteiger partial charge < -0.3 is 15.3 Å². The molecule has 0 bridgehead atoms. The van der Waals surface area contributed by atoms with Crippen LogP contribution in [0, 0.1) is 5.82 Å². The SMILES string of the molecule is CC(CN1CCCC1=O)NCc1cccc(F)c1O. The van der Waals surface area contributed by atoms with Crippen LogP contribution >= 0.6 is 0 Å². The highest BCUT2D eigenvalue weighted by Gasteiger charge is 2.21. The predicted molar refractivity (Wildman–Crippen MR) is 70.2 cm³/mol. The highest BCUT2D eigenvalue weighted by molar-refractivity contribution is 5.78. The van der Waals surface area contributed by atoms with Crippen molar-refractivity contribution in [2.24, 2.45) is 0 Å². The number of halogens is 1. The molecule has 0 radical (unpaired) electrons. The smallest absolute Gasteiger partial charge is 0.222 e. The molecule has 1 atom stereocenters. The van der Waals surface area contributed by atoms with Crippen molar-refractivity contribution in [2.75, 3.05) is 13.1 Å². The van der Waals surface area contributed by atoms with Gasteiger partial charge in [-0.2, -0.15) is 0 Å². The van der Waals surface area contributed by atoms with Gasteiger partial charge in [-0.05, 0) is 19.4 Å². The van der Waals surface area contributed by atoms with Gasteiger partial charge in [0.25, 0.3) is 0 Å². The van der Waals surface area contributed by atoms with Gasteiger partial charge in [0.05, 0.1) is 0 Å². The third-order valence-corrected chi connectivity index (χ3v) is 3.38. The minimum atomic E-state index is -0.610. The number of phenolic OH excluding ortho intramolecular Hbond substituents is 1. The van der Waals surface area contributed by atoms with Crippen LogP contribution in [0.3, 0.4) is 0 Å². The number of aromatic hydroxyl groups is 1. The van der Waals surface area contributed by atoms with E-state index < -0.39 is 5.82 Å². The van der Waals surface area contributed by atoms with E-state index in [9.17, 15) is 14.3 Å². The highest BCUT2D eigenvalue weighted by atomic mass is 19.1. The molecule has 1 amide bonds. The van der Waals surface area contributed by atoms with Gasteiger partial charge in [-0.3, -0.25) is 4.79 Å². The zero-order valence-corrected chi connectivity index (χ0v) is 11.0. The molecule has 2 rings (SSSR count). The van der Waals surface area contributed by atoms with Gasteiger partial charge in [-0.15, -0.1) is 0 Å². The number of hydrogen-bond acceptors (Lipinski definition) is 3. The Bertz CT molecular complexity index is 465. The van der Waals surface area contributed by atoms with Gasteiger partial charge in [0.15, 0.2) is 11.6 Å². The fraction of sp³-hybridized carbons (Fsp3) is 0.500. The Hall–Kier alpha value is -1.62. The number of amides is 1. The summed E-state index contributed by atoms with van der Waals surface area (Å²) in [5.41, 5.74) is 0.527. The van der Waals surface area contributed by atoms with E-state index in [2.05, 4.69) is 5.32 Å². The molecular weight excluding hydrogens is 247 g/mol. The Morgan fingerprint density at radius 3 is 3.00 bits per heavy atom. The maximum atomic E-state index is 13.2. The number of phenols is 1. The van der Waals surface area contributed by atoms with Crippen LogP contribution in [0.4, 0.5) is 4.39 Å². The molecule has 19 heavy (non-hydrogen) atoms. The number of carbonyl (C=O) groups is 1. The Balaban J connectivity index is 1.84. The lowest BCUT2D eigenvalue weighted by Crippen LogP contribution is -2.39. The van der Waals surface area contributed by atoms with E-state index in [0.29, 0.717) is 25.1 Å². The summed E-state index contributed by atoms with van der Waals surface area (Å²) in [6.45, 7) is 3.82. The molecule has 0 aromatic heterocycles. The maximum Gasteiger partial charge on any atom is 0.222 e. The van der Waals surface area contributed by atoms with Crippen molar-refractivity contribution in [3.05, 3.63) is 29.6 Å². The number of benzene rings is 1. The van der Waals surface area contributed by atoms with Crippen LogP contribution in [-0.4, -0.2) is 35.0 Å². The Morgan fingerprint density at radius 2 is 2.32 bits per heavy atom. The second-order valence-electron chi connectivity index (χ2n) is 4.97. The molecule has 0 spiro atoms. The van der Waals surface area contributed by atoms with Gasteiger partial charge in [0.2, 0.25) is 5.91 Å². The Morgan fingerprint density at radius 1 is 1.53 bits per heavy atom. The third-order valence-electron chi connectivity index (χ3n) is 3.38. The van der Waals surface area contributed by atoms with Crippen LogP contribution in [0.1, 0.15) is 25.3 Å². The molecule has 0 aliphatic carbocycles. The molecule has 1 aliphatic rings. The number of rotatable bonds is 5. The van der Waals surface area contributed by atoms with Crippen molar-refractivity contribution in [1.82, 2.24) is 10.2 Å². The topological polar surface area (TPSA) is 52.6 Å². The van der Waals surface area contributed by atoms with Gasteiger partial charge in [-0.25, -0.2) is 4.39 Å². The first-order chi connectivity index (χ1) is 9.08. The molecule has 1 unspecified atom stereocenters. The fourth-order valence-corrected chi connectivity index (χ4v) is 2.28. The van der Waals surface area contributed by atoms with E-state index in [4.69, 9.17) is 0 Å². The average molecular weight is 266 g/mol. The van der Waals surface area contributed by atoms with Crippen molar-refractivity contribution in [3.63, 3.8) is 0 Å². The molecule has 1 fully saturated rings. The van der Waals surface area contributed by atoms with Crippen molar-refractivity contribution < 1.29 is 14.3 Å². The van der Waals surface area contributed by atoms with E-state index in [1.807, 2.05) is 11.8 Å². The molecule has 1 aromatic rings. The van der Waals surface area contributed by atoms with Gasteiger partial charge >= 0.3 is 0 Å². The standard InChI is InChI=1S/C14H19FN2O2/c1-10(9-17-7-3-6-13(17)18)16-8-11-4-2-5-12(15)14(11)19/h2,4-5,10,16,19H,3,6-9H2,1H3. The largest absolute Gasteiger partial charge is 0.505 e. The molecule has 2 N–H and O–H groups in total. The molecule has 0 saturated carbocycles. The monoisotopic (exact) mass is 266 g/mol. The van der Waals surface area contributed by atoms with E-state index in [1.165, 1.54) is 6.07 Å². The first-order valence-electron chi connectivity index (χ1n) is 6.55. The predicted octanol–water partition coefficient (Wildman–Crippen LogP) is 1.63. The number of likely N-dealkylation sites (tertiary alicyclic amines) is 1. The Kier molecular flexibility index (Phi) is 4.37. The molecular formula is C14H19FN2O2. The number of nitrogens with one attached hydrogen (secondary N) is 1. The van der Waals surface area contributed by atoms with E-state index in [-0.39, 0.29) is 17.7 Å². The van der Waals surface area contributed by atoms with Crippen molar-refractivity contribution in [1.29, 1.82) is 0 Å². The third kappa shape index (κ3) is 3.44. The minimum absolute atomic E-state index is 0.102. The summed E-state index contributed by atoms with van der Waals surface area (Å²) < 4.78 is 13.2. The summed E-state index contributed by atoms with van der Waals surface area (Å²) in [6, 6.07) is 4.58. The van der Waals surface area contributed by atoms with Crippen LogP contribution in [-0.2, 0) is 11.3 Å². The molecule has 1 aliphatic heterocycles. The lowest BCUT2D eigenvalue weighted by Gasteiger charge is -2.22. The second-order valence-corrected chi connectivity index (χ2v) is 4.97. The number of carbonyl (C=O) groups excluding carboxylic acids is 1. The zero-order chi connectivity index (χ0) is 13.8. The zero-order valence-electron chi connectivity index (χ0n) is 11.0. The maximum absolute atomic E-state index is 13.2. The van der Waals surface area contributed by atoms with E-state index >= 15 is 0 Å². The van der Waals surface area contributed by atoms with Crippen molar-refractivity contribution in [2.45, 2.75) is 32.4 Å². The van der Waals surface area contributed by atoms with Crippen LogP contribution in [0.25, 0.3) is 0 Å². The summed E-state index contributed by atoms with van der Waals surface area (Å²) in [6.07, 6.45) is 1.56. The number of nitrogens with zero attached hydrogens (tertiary/aromatic N) is 1. The molecule has 1 aromatic carbocycles. The summed E-state index contributed by atoms with van der Waals surface area (Å²) in [4.78, 5) is 13.3. The molecule has 1 heterocycles. The Labute approximate surface area is 112 Å². The lowest BCUT2D eigenvalue weighted by molar-refractivity contribution is -0.127. The van der Waals surface area contributed by atoms with Crippen LogP contribution < -0.4 is 5.32 Å². The number of para-hydroxylation sites is 1. The summed E-state index contributed by atoms with van der Waals surface area (Å²) in [7, 11) is 0. The first kappa shape index (κ1) is 13.8. The van der Waals surface area contributed by atoms with Crippen LogP contribution in [0.2, 0.25) is 0 Å². The van der Waals surface area contributed by atoms with E-state index in [1.54, 1.807) is 12.1 Å². The summed E-state index contributed by atoms with van der Waals surface area (Å²) in [5, 5.41) is 12.8. The normalized spacial score (nSPS) is 16.9. The second kappa shape index (κ2) is 6.02. The molecule has 4 nitrogen and oxygen atoms in total. The fourth-order valence-electron chi connectivity index (χ4n) is 2.28. The van der Waals surface area contributed by atoms with Gasteiger partial charge in [-0.1, -0.05) is 12.1 Å². The van der Waals surface area contributed by atoms with Gasteiger partial charge in [0, 0.05) is 37.7 Å². The first-order valence-corrected chi connectivity index (χ1v) is 6.55. The lowest BCUT2D eigenvalue weighted by atomic mass is 10.2. The molecule has 5 heteroatoms. The quantitative estimate of drug-likeness (QED) is 0.851. The van der Waals surface area contributed by atoms with Crippen molar-refractivity contribution >= 4 is 5.91 Å². The van der Waals surface area contributed by atoms with Gasteiger partial charge in [0.1, 0.15) is 0 Å².